The number of aliphatic hydroxyl groups excluding tert-OH is 2. The van der Waals surface area contributed by atoms with Crippen LogP contribution >= 0.6 is 0 Å². The van der Waals surface area contributed by atoms with Crippen molar-refractivity contribution in [1.29, 1.82) is 0 Å². The van der Waals surface area contributed by atoms with Crippen LogP contribution in [0.25, 0.3) is 11.1 Å². The van der Waals surface area contributed by atoms with Gasteiger partial charge in [0.15, 0.2) is 0 Å². The van der Waals surface area contributed by atoms with Crippen molar-refractivity contribution in [2.75, 3.05) is 6.61 Å². The number of alkyl halides is 3. The summed E-state index contributed by atoms with van der Waals surface area (Å²) in [5.41, 5.74) is 2.40. The molecule has 136 valence electrons. The summed E-state index contributed by atoms with van der Waals surface area (Å²) in [6, 6.07) is 12.9. The van der Waals surface area contributed by atoms with E-state index in [0.717, 1.165) is 36.0 Å². The van der Waals surface area contributed by atoms with Crippen molar-refractivity contribution in [3.8, 4) is 16.9 Å². The molecule has 1 atom stereocenters. The first-order valence-electron chi connectivity index (χ1n) is 8.14. The lowest BCUT2D eigenvalue weighted by Gasteiger charge is -2.12. The maximum atomic E-state index is 12.2. The van der Waals surface area contributed by atoms with Crippen molar-refractivity contribution in [3.63, 3.8) is 0 Å². The summed E-state index contributed by atoms with van der Waals surface area (Å²) in [5, 5.41) is 18.9. The molecule has 3 nitrogen and oxygen atoms in total. The van der Waals surface area contributed by atoms with Crippen LogP contribution in [0.1, 0.15) is 37.4 Å². The van der Waals surface area contributed by atoms with Gasteiger partial charge in [0.25, 0.3) is 0 Å². The molecule has 0 bridgehead atoms. The van der Waals surface area contributed by atoms with Gasteiger partial charge in [0, 0.05) is 6.61 Å². The molecule has 0 saturated heterocycles. The molecule has 25 heavy (non-hydrogen) atoms. The van der Waals surface area contributed by atoms with Gasteiger partial charge in [-0.25, -0.2) is 0 Å². The highest BCUT2D eigenvalue weighted by Gasteiger charge is 2.30. The van der Waals surface area contributed by atoms with Crippen LogP contribution < -0.4 is 4.74 Å². The van der Waals surface area contributed by atoms with Crippen LogP contribution in [-0.4, -0.2) is 23.2 Å². The van der Waals surface area contributed by atoms with Crippen molar-refractivity contribution in [1.82, 2.24) is 0 Å². The van der Waals surface area contributed by atoms with Gasteiger partial charge in [-0.2, -0.15) is 0 Å². The fourth-order valence-corrected chi connectivity index (χ4v) is 2.54. The van der Waals surface area contributed by atoms with E-state index in [9.17, 15) is 18.3 Å². The lowest BCUT2D eigenvalue weighted by atomic mass is 9.99. The number of benzene rings is 2. The summed E-state index contributed by atoms with van der Waals surface area (Å²) in [6.07, 6.45) is -2.18. The highest BCUT2D eigenvalue weighted by molar-refractivity contribution is 5.64. The zero-order valence-electron chi connectivity index (χ0n) is 13.7. The van der Waals surface area contributed by atoms with Gasteiger partial charge in [-0.1, -0.05) is 49.2 Å². The van der Waals surface area contributed by atoms with Gasteiger partial charge in [-0.05, 0) is 41.7 Å². The zero-order chi connectivity index (χ0) is 18.3. The third-order valence-corrected chi connectivity index (χ3v) is 3.85. The second-order valence-electron chi connectivity index (χ2n) is 5.78. The molecule has 0 aromatic heterocycles. The van der Waals surface area contributed by atoms with Gasteiger partial charge in [0.05, 0.1) is 6.10 Å². The van der Waals surface area contributed by atoms with Gasteiger partial charge >= 0.3 is 6.36 Å². The van der Waals surface area contributed by atoms with E-state index in [1.807, 2.05) is 24.3 Å². The highest BCUT2D eigenvalue weighted by atomic mass is 19.4. The predicted octanol–water partition coefficient (Wildman–Crippen LogP) is 4.84. The maximum Gasteiger partial charge on any atom is 0.573 e. The first kappa shape index (κ1) is 19.3. The number of halogens is 3. The summed E-state index contributed by atoms with van der Waals surface area (Å²) >= 11 is 0. The molecule has 0 saturated carbocycles. The van der Waals surface area contributed by atoms with Crippen LogP contribution in [0.5, 0.6) is 5.75 Å². The molecule has 6 heteroatoms. The van der Waals surface area contributed by atoms with Crippen molar-refractivity contribution in [3.05, 3.63) is 54.1 Å². The number of hydrogen-bond acceptors (Lipinski definition) is 3. The Bertz CT molecular complexity index is 636. The Morgan fingerprint density at radius 2 is 1.40 bits per heavy atom. The summed E-state index contributed by atoms with van der Waals surface area (Å²) in [5.74, 6) is -0.258. The van der Waals surface area contributed by atoms with Gasteiger partial charge in [0.2, 0.25) is 0 Å². The minimum atomic E-state index is -4.70. The van der Waals surface area contributed by atoms with Gasteiger partial charge in [-0.15, -0.1) is 13.2 Å². The maximum absolute atomic E-state index is 12.2. The zero-order valence-corrected chi connectivity index (χ0v) is 13.7. The van der Waals surface area contributed by atoms with Crippen molar-refractivity contribution in [2.24, 2.45) is 0 Å². The SMILES string of the molecule is OCCCCCC(O)c1ccc(-c2ccc(OC(F)(F)F)cc2)cc1. The molecule has 0 aliphatic carbocycles. The number of unbranched alkanes of at least 4 members (excludes halogenated alkanes) is 2. The average Bonchev–Trinajstić information content (AvgIpc) is 2.58. The largest absolute Gasteiger partial charge is 0.573 e. The fourth-order valence-electron chi connectivity index (χ4n) is 2.54. The van der Waals surface area contributed by atoms with Gasteiger partial charge < -0.3 is 14.9 Å². The number of aliphatic hydroxyl groups is 2. The molecule has 0 radical (unpaired) electrons. The van der Waals surface area contributed by atoms with Crippen LogP contribution in [-0.2, 0) is 0 Å². The van der Waals surface area contributed by atoms with Crippen LogP contribution in [0.3, 0.4) is 0 Å². The smallest absolute Gasteiger partial charge is 0.406 e. The summed E-state index contributed by atoms with van der Waals surface area (Å²) < 4.78 is 40.3. The Hall–Kier alpha value is -2.05. The van der Waals surface area contributed by atoms with Crippen LogP contribution in [0.4, 0.5) is 13.2 Å². The summed E-state index contributed by atoms with van der Waals surface area (Å²) in [6.45, 7) is 0.164. The Morgan fingerprint density at radius 3 is 1.92 bits per heavy atom. The molecule has 2 N–H and O–H groups in total. The third-order valence-electron chi connectivity index (χ3n) is 3.85. The van der Waals surface area contributed by atoms with Gasteiger partial charge in [-0.3, -0.25) is 0 Å². The predicted molar refractivity (Wildman–Crippen MR) is 89.1 cm³/mol. The van der Waals surface area contributed by atoms with Crippen LogP contribution in [0.2, 0.25) is 0 Å². The molecule has 0 heterocycles. The minimum absolute atomic E-state index is 0.164. The van der Waals surface area contributed by atoms with E-state index in [1.165, 1.54) is 12.1 Å². The molecule has 0 aliphatic heterocycles. The molecule has 2 aromatic carbocycles. The first-order chi connectivity index (χ1) is 11.9. The first-order valence-corrected chi connectivity index (χ1v) is 8.14. The molecule has 1 unspecified atom stereocenters. The second kappa shape index (κ2) is 8.87. The Balaban J connectivity index is 1.97. The van der Waals surface area contributed by atoms with E-state index in [1.54, 1.807) is 12.1 Å². The number of hydrogen-bond donors (Lipinski definition) is 2. The van der Waals surface area contributed by atoms with E-state index in [-0.39, 0.29) is 12.4 Å². The number of rotatable bonds is 8. The lowest BCUT2D eigenvalue weighted by molar-refractivity contribution is -0.274. The standard InChI is InChI=1S/C19H21F3O3/c20-19(21,22)25-17-11-9-15(10-12-17)14-5-7-16(8-6-14)18(24)4-2-1-3-13-23/h5-12,18,23-24H,1-4,13H2. The van der Waals surface area contributed by atoms with Crippen LogP contribution in [0.15, 0.2) is 48.5 Å². The van der Waals surface area contributed by atoms with E-state index in [0.29, 0.717) is 6.42 Å². The second-order valence-corrected chi connectivity index (χ2v) is 5.78. The van der Waals surface area contributed by atoms with Crippen molar-refractivity contribution < 1.29 is 28.1 Å². The molecule has 0 amide bonds. The van der Waals surface area contributed by atoms with Crippen molar-refractivity contribution in [2.45, 2.75) is 38.1 Å². The lowest BCUT2D eigenvalue weighted by Crippen LogP contribution is -2.16. The van der Waals surface area contributed by atoms with E-state index >= 15 is 0 Å². The normalized spacial score (nSPS) is 12.8. The monoisotopic (exact) mass is 354 g/mol. The Kier molecular flexibility index (Phi) is 6.84. The van der Waals surface area contributed by atoms with E-state index in [2.05, 4.69) is 4.74 Å². The number of ether oxygens (including phenoxy) is 1. The molecular weight excluding hydrogens is 333 g/mol. The topological polar surface area (TPSA) is 49.7 Å². The molecule has 0 aliphatic rings. The fraction of sp³-hybridized carbons (Fsp3) is 0.368. The molecule has 0 fully saturated rings. The van der Waals surface area contributed by atoms with E-state index < -0.39 is 12.5 Å². The third kappa shape index (κ3) is 6.40. The Morgan fingerprint density at radius 1 is 0.840 bits per heavy atom. The molecular formula is C19H21F3O3. The van der Waals surface area contributed by atoms with Gasteiger partial charge in [0.1, 0.15) is 5.75 Å². The molecule has 0 spiro atoms. The van der Waals surface area contributed by atoms with Crippen molar-refractivity contribution >= 4 is 0 Å². The molecule has 2 rings (SSSR count). The van der Waals surface area contributed by atoms with E-state index in [4.69, 9.17) is 5.11 Å². The average molecular weight is 354 g/mol. The van der Waals surface area contributed by atoms with Crippen LogP contribution in [0, 0.1) is 0 Å². The summed E-state index contributed by atoms with van der Waals surface area (Å²) in [4.78, 5) is 0. The minimum Gasteiger partial charge on any atom is -0.406 e. The Labute approximate surface area is 144 Å². The quantitative estimate of drug-likeness (QED) is 0.667. The highest BCUT2D eigenvalue weighted by Crippen LogP contribution is 2.28. The summed E-state index contributed by atoms with van der Waals surface area (Å²) in [7, 11) is 0. The molecule has 2 aromatic rings.